The molecule has 0 atom stereocenters. The molecule has 0 radical (unpaired) electrons. The van der Waals surface area contributed by atoms with Crippen molar-refractivity contribution in [1.29, 1.82) is 0 Å². The number of esters is 1. The second-order valence-electron chi connectivity index (χ2n) is 3.94. The number of benzene rings is 1. The highest BCUT2D eigenvalue weighted by molar-refractivity contribution is 9.10. The summed E-state index contributed by atoms with van der Waals surface area (Å²) >= 11 is 8.26. The first-order chi connectivity index (χ1) is 8.99. The van der Waals surface area contributed by atoms with E-state index in [4.69, 9.17) is 10.5 Å². The predicted molar refractivity (Wildman–Crippen MR) is 84.4 cm³/mol. The Morgan fingerprint density at radius 3 is 2.79 bits per heavy atom. The quantitative estimate of drug-likeness (QED) is 0.604. The minimum atomic E-state index is -0.370. The first kappa shape index (κ1) is 14.6. The van der Waals surface area contributed by atoms with Crippen LogP contribution in [0.2, 0.25) is 0 Å². The maximum absolute atomic E-state index is 12.1. The van der Waals surface area contributed by atoms with E-state index in [-0.39, 0.29) is 12.6 Å². The van der Waals surface area contributed by atoms with Gasteiger partial charge in [-0.05, 0) is 52.0 Å². The third kappa shape index (κ3) is 3.38. The maximum Gasteiger partial charge on any atom is 0.338 e. The summed E-state index contributed by atoms with van der Waals surface area (Å²) in [5.41, 5.74) is 7.62. The van der Waals surface area contributed by atoms with Gasteiger partial charge in [0.15, 0.2) is 0 Å². The first-order valence-electron chi connectivity index (χ1n) is 5.43. The summed E-state index contributed by atoms with van der Waals surface area (Å²) in [4.78, 5) is 13.0. The molecule has 0 aliphatic rings. The summed E-state index contributed by atoms with van der Waals surface area (Å²) < 4.78 is 7.03. The SMILES string of the molecule is Cc1c(N)cc(Br)cc1C(=O)OCc1sccc1Br. The second-order valence-corrected chi connectivity index (χ2v) is 6.71. The summed E-state index contributed by atoms with van der Waals surface area (Å²) in [6.45, 7) is 2.06. The fourth-order valence-corrected chi connectivity index (χ4v) is 3.40. The fraction of sp³-hybridized carbons (Fsp3) is 0.154. The Labute approximate surface area is 132 Å². The fourth-order valence-electron chi connectivity index (χ4n) is 1.55. The average Bonchev–Trinajstić information content (AvgIpc) is 2.76. The van der Waals surface area contributed by atoms with Crippen LogP contribution in [0.25, 0.3) is 0 Å². The van der Waals surface area contributed by atoms with Crippen molar-refractivity contribution < 1.29 is 9.53 Å². The van der Waals surface area contributed by atoms with Gasteiger partial charge < -0.3 is 10.5 Å². The molecule has 0 fully saturated rings. The van der Waals surface area contributed by atoms with Crippen molar-refractivity contribution in [1.82, 2.24) is 0 Å². The third-order valence-electron chi connectivity index (χ3n) is 2.66. The molecule has 0 amide bonds. The van der Waals surface area contributed by atoms with E-state index < -0.39 is 0 Å². The van der Waals surface area contributed by atoms with Gasteiger partial charge in [0.25, 0.3) is 0 Å². The summed E-state index contributed by atoms with van der Waals surface area (Å²) in [7, 11) is 0. The number of nitrogens with two attached hydrogens (primary N) is 1. The lowest BCUT2D eigenvalue weighted by Crippen LogP contribution is -2.08. The Kier molecular flexibility index (Phi) is 4.65. The van der Waals surface area contributed by atoms with Crippen molar-refractivity contribution >= 4 is 54.9 Å². The molecular weight excluding hydrogens is 394 g/mol. The lowest BCUT2D eigenvalue weighted by molar-refractivity contribution is 0.0475. The second kappa shape index (κ2) is 6.07. The first-order valence-corrected chi connectivity index (χ1v) is 7.90. The van der Waals surface area contributed by atoms with Crippen LogP contribution in [0.5, 0.6) is 0 Å². The number of carbonyl (C=O) groups excluding carboxylic acids is 1. The molecular formula is C13H11Br2NO2S. The number of hydrogen-bond donors (Lipinski definition) is 1. The molecule has 1 aromatic heterocycles. The van der Waals surface area contributed by atoms with E-state index in [2.05, 4.69) is 31.9 Å². The van der Waals surface area contributed by atoms with Crippen LogP contribution >= 0.6 is 43.2 Å². The Morgan fingerprint density at radius 2 is 2.16 bits per heavy atom. The lowest BCUT2D eigenvalue weighted by atomic mass is 10.1. The molecule has 6 heteroatoms. The number of thiophene rings is 1. The Bertz CT molecular complexity index is 625. The maximum atomic E-state index is 12.1. The Balaban J connectivity index is 2.15. The molecule has 100 valence electrons. The Hall–Kier alpha value is -0.850. The monoisotopic (exact) mass is 403 g/mol. The topological polar surface area (TPSA) is 52.3 Å². The molecule has 1 aromatic carbocycles. The number of halogens is 2. The molecule has 0 bridgehead atoms. The molecule has 1 heterocycles. The van der Waals surface area contributed by atoms with Gasteiger partial charge in [0.1, 0.15) is 6.61 Å². The van der Waals surface area contributed by atoms with Gasteiger partial charge in [0.2, 0.25) is 0 Å². The van der Waals surface area contributed by atoms with Gasteiger partial charge in [-0.2, -0.15) is 0 Å². The molecule has 3 nitrogen and oxygen atoms in total. The van der Waals surface area contributed by atoms with E-state index in [1.165, 1.54) is 11.3 Å². The third-order valence-corrected chi connectivity index (χ3v) is 5.02. The summed E-state index contributed by atoms with van der Waals surface area (Å²) in [5.74, 6) is -0.370. The molecule has 0 spiro atoms. The van der Waals surface area contributed by atoms with Crippen molar-refractivity contribution in [3.8, 4) is 0 Å². The van der Waals surface area contributed by atoms with Crippen LogP contribution in [0.4, 0.5) is 5.69 Å². The zero-order valence-electron chi connectivity index (χ0n) is 10.1. The van der Waals surface area contributed by atoms with Crippen LogP contribution in [0, 0.1) is 6.92 Å². The molecule has 0 unspecified atom stereocenters. The highest BCUT2D eigenvalue weighted by atomic mass is 79.9. The highest BCUT2D eigenvalue weighted by Crippen LogP contribution is 2.26. The van der Waals surface area contributed by atoms with Gasteiger partial charge in [-0.25, -0.2) is 4.79 Å². The van der Waals surface area contributed by atoms with Crippen LogP contribution < -0.4 is 5.73 Å². The van der Waals surface area contributed by atoms with Crippen LogP contribution in [-0.2, 0) is 11.3 Å². The van der Waals surface area contributed by atoms with E-state index in [9.17, 15) is 4.79 Å². The van der Waals surface area contributed by atoms with E-state index in [0.29, 0.717) is 11.3 Å². The number of nitrogen functional groups attached to an aromatic ring is 1. The van der Waals surface area contributed by atoms with Crippen molar-refractivity contribution in [2.75, 3.05) is 5.73 Å². The van der Waals surface area contributed by atoms with Crippen LogP contribution in [0.3, 0.4) is 0 Å². The highest BCUT2D eigenvalue weighted by Gasteiger charge is 2.14. The van der Waals surface area contributed by atoms with Gasteiger partial charge in [-0.1, -0.05) is 15.9 Å². The molecule has 19 heavy (non-hydrogen) atoms. The minimum Gasteiger partial charge on any atom is -0.456 e. The molecule has 0 aliphatic carbocycles. The zero-order valence-corrected chi connectivity index (χ0v) is 14.1. The molecule has 2 rings (SSSR count). The van der Waals surface area contributed by atoms with E-state index >= 15 is 0 Å². The predicted octanol–water partition coefficient (Wildman–Crippen LogP) is 4.52. The minimum absolute atomic E-state index is 0.253. The smallest absolute Gasteiger partial charge is 0.338 e. The number of anilines is 1. The van der Waals surface area contributed by atoms with Crippen molar-refractivity contribution in [2.24, 2.45) is 0 Å². The molecule has 2 aromatic rings. The number of carbonyl (C=O) groups is 1. The van der Waals surface area contributed by atoms with Gasteiger partial charge in [-0.3, -0.25) is 0 Å². The van der Waals surface area contributed by atoms with E-state index in [1.54, 1.807) is 19.1 Å². The number of rotatable bonds is 3. The van der Waals surface area contributed by atoms with Crippen molar-refractivity contribution in [2.45, 2.75) is 13.5 Å². The van der Waals surface area contributed by atoms with Crippen molar-refractivity contribution in [3.63, 3.8) is 0 Å². The van der Waals surface area contributed by atoms with Crippen LogP contribution in [-0.4, -0.2) is 5.97 Å². The largest absolute Gasteiger partial charge is 0.456 e. The molecule has 0 saturated heterocycles. The number of ether oxygens (including phenoxy) is 1. The molecule has 2 N–H and O–H groups in total. The van der Waals surface area contributed by atoms with E-state index in [1.807, 2.05) is 11.4 Å². The summed E-state index contributed by atoms with van der Waals surface area (Å²) in [6.07, 6.45) is 0. The number of hydrogen-bond acceptors (Lipinski definition) is 4. The van der Waals surface area contributed by atoms with Gasteiger partial charge >= 0.3 is 5.97 Å². The summed E-state index contributed by atoms with van der Waals surface area (Å²) in [5, 5.41) is 1.94. The van der Waals surface area contributed by atoms with Gasteiger partial charge in [-0.15, -0.1) is 11.3 Å². The molecule has 0 saturated carbocycles. The van der Waals surface area contributed by atoms with E-state index in [0.717, 1.165) is 19.4 Å². The van der Waals surface area contributed by atoms with Crippen molar-refractivity contribution in [3.05, 3.63) is 48.5 Å². The van der Waals surface area contributed by atoms with Gasteiger partial charge in [0.05, 0.1) is 10.4 Å². The van der Waals surface area contributed by atoms with Crippen LogP contribution in [0.1, 0.15) is 20.8 Å². The summed E-state index contributed by atoms with van der Waals surface area (Å²) in [6, 6.07) is 5.41. The standard InChI is InChI=1S/C13H11Br2NO2S/c1-7-9(4-8(14)5-11(7)16)13(17)18-6-12-10(15)2-3-19-12/h2-5H,6,16H2,1H3. The average molecular weight is 405 g/mol. The normalized spacial score (nSPS) is 10.5. The van der Waals surface area contributed by atoms with Gasteiger partial charge in [0, 0.05) is 14.6 Å². The lowest BCUT2D eigenvalue weighted by Gasteiger charge is -2.09. The van der Waals surface area contributed by atoms with Crippen LogP contribution in [0.15, 0.2) is 32.5 Å². The Morgan fingerprint density at radius 1 is 1.42 bits per heavy atom. The molecule has 0 aliphatic heterocycles. The zero-order chi connectivity index (χ0) is 14.0.